The van der Waals surface area contributed by atoms with Crippen molar-refractivity contribution < 1.29 is 4.79 Å². The molecule has 2 aliphatic rings. The van der Waals surface area contributed by atoms with Crippen molar-refractivity contribution in [1.82, 2.24) is 15.1 Å². The minimum Gasteiger partial charge on any atom is -0.324 e. The van der Waals surface area contributed by atoms with Crippen molar-refractivity contribution in [3.05, 3.63) is 0 Å². The number of likely N-dealkylation sites (N-methyl/N-ethyl adjacent to an activating group) is 1. The maximum absolute atomic E-state index is 12.8. The third-order valence-electron chi connectivity index (χ3n) is 5.19. The lowest BCUT2D eigenvalue weighted by Gasteiger charge is -2.32. The molecule has 2 heterocycles. The first-order chi connectivity index (χ1) is 9.42. The molecular weight excluding hydrogens is 250 g/mol. The summed E-state index contributed by atoms with van der Waals surface area (Å²) in [4.78, 5) is 17.4. The number of hydrogen-bond donors (Lipinski definition) is 1. The molecule has 2 saturated heterocycles. The number of amides is 1. The zero-order valence-electron chi connectivity index (χ0n) is 13.8. The minimum absolute atomic E-state index is 0.187. The van der Waals surface area contributed by atoms with Gasteiger partial charge in [-0.25, -0.2) is 0 Å². The first-order valence-electron chi connectivity index (χ1n) is 8.25. The summed E-state index contributed by atoms with van der Waals surface area (Å²) in [7, 11) is 0. The Morgan fingerprint density at radius 1 is 1.40 bits per heavy atom. The van der Waals surface area contributed by atoms with Gasteiger partial charge in [0.15, 0.2) is 0 Å². The Morgan fingerprint density at radius 2 is 2.10 bits per heavy atom. The molecule has 1 N–H and O–H groups in total. The molecule has 3 unspecified atom stereocenters. The molecule has 0 aromatic heterocycles. The summed E-state index contributed by atoms with van der Waals surface area (Å²) in [6.45, 7) is 13.9. The van der Waals surface area contributed by atoms with Crippen LogP contribution in [-0.2, 0) is 4.79 Å². The van der Waals surface area contributed by atoms with Crippen LogP contribution in [0.1, 0.15) is 53.9 Å². The van der Waals surface area contributed by atoms with E-state index in [1.54, 1.807) is 0 Å². The lowest BCUT2D eigenvalue weighted by molar-refractivity contribution is -0.134. The maximum atomic E-state index is 12.8. The molecule has 4 nitrogen and oxygen atoms in total. The molecule has 2 rings (SSSR count). The summed E-state index contributed by atoms with van der Waals surface area (Å²) >= 11 is 0. The zero-order valence-corrected chi connectivity index (χ0v) is 13.8. The van der Waals surface area contributed by atoms with Gasteiger partial charge in [-0.05, 0) is 45.2 Å². The van der Waals surface area contributed by atoms with Gasteiger partial charge in [0.25, 0.3) is 0 Å². The highest BCUT2D eigenvalue weighted by atomic mass is 16.2. The van der Waals surface area contributed by atoms with Crippen molar-refractivity contribution in [1.29, 1.82) is 0 Å². The lowest BCUT2D eigenvalue weighted by atomic mass is 9.99. The molecule has 0 aliphatic carbocycles. The molecule has 2 aliphatic heterocycles. The summed E-state index contributed by atoms with van der Waals surface area (Å²) in [5.74, 6) is 0.741. The van der Waals surface area contributed by atoms with E-state index < -0.39 is 0 Å². The predicted octanol–water partition coefficient (Wildman–Crippen LogP) is 2.05. The second-order valence-electron chi connectivity index (χ2n) is 6.90. The van der Waals surface area contributed by atoms with Gasteiger partial charge >= 0.3 is 0 Å². The molecule has 0 radical (unpaired) electrons. The van der Waals surface area contributed by atoms with Crippen molar-refractivity contribution in [3.63, 3.8) is 0 Å². The van der Waals surface area contributed by atoms with Crippen molar-refractivity contribution in [2.75, 3.05) is 19.6 Å². The van der Waals surface area contributed by atoms with Gasteiger partial charge in [-0.1, -0.05) is 27.7 Å². The van der Waals surface area contributed by atoms with Gasteiger partial charge in [0.2, 0.25) is 5.91 Å². The monoisotopic (exact) mass is 281 g/mol. The number of hydrogen-bond acceptors (Lipinski definition) is 3. The van der Waals surface area contributed by atoms with Crippen LogP contribution in [-0.4, -0.2) is 53.1 Å². The van der Waals surface area contributed by atoms with Gasteiger partial charge < -0.3 is 4.90 Å². The van der Waals surface area contributed by atoms with E-state index >= 15 is 0 Å². The van der Waals surface area contributed by atoms with Crippen molar-refractivity contribution >= 4 is 5.91 Å². The summed E-state index contributed by atoms with van der Waals surface area (Å²) in [5.41, 5.74) is -0.370. The third kappa shape index (κ3) is 2.73. The summed E-state index contributed by atoms with van der Waals surface area (Å²) in [6.07, 6.45) is 3.54. The van der Waals surface area contributed by atoms with Crippen LogP contribution in [0.25, 0.3) is 0 Å². The first-order valence-corrected chi connectivity index (χ1v) is 8.25. The summed E-state index contributed by atoms with van der Waals surface area (Å²) in [5, 5.41) is 3.58. The molecule has 1 amide bonds. The Balaban J connectivity index is 2.13. The standard InChI is InChI=1S/C16H31N3O/c1-6-16(5)15(20)19(14(17-16)12(3)4)11-13-9-8-10-18(13)7-2/h12-14,17H,6-11H2,1-5H3. The first kappa shape index (κ1) is 15.8. The molecule has 0 saturated carbocycles. The average molecular weight is 281 g/mol. The van der Waals surface area contributed by atoms with Crippen LogP contribution < -0.4 is 5.32 Å². The van der Waals surface area contributed by atoms with Crippen LogP contribution in [0.2, 0.25) is 0 Å². The Morgan fingerprint density at radius 3 is 2.65 bits per heavy atom. The Labute approximate surface area is 123 Å². The summed E-state index contributed by atoms with van der Waals surface area (Å²) < 4.78 is 0. The van der Waals surface area contributed by atoms with E-state index in [1.165, 1.54) is 19.4 Å². The Kier molecular flexibility index (Phi) is 4.75. The van der Waals surface area contributed by atoms with E-state index in [0.29, 0.717) is 17.9 Å². The number of carbonyl (C=O) groups is 1. The normalized spacial score (nSPS) is 35.5. The van der Waals surface area contributed by atoms with E-state index in [1.807, 2.05) is 0 Å². The molecule has 116 valence electrons. The van der Waals surface area contributed by atoms with Gasteiger partial charge in [0.1, 0.15) is 0 Å². The molecule has 0 bridgehead atoms. The quantitative estimate of drug-likeness (QED) is 0.838. The van der Waals surface area contributed by atoms with E-state index in [4.69, 9.17) is 0 Å². The van der Waals surface area contributed by atoms with Gasteiger partial charge in [0, 0.05) is 12.6 Å². The van der Waals surface area contributed by atoms with Crippen LogP contribution in [0.4, 0.5) is 0 Å². The van der Waals surface area contributed by atoms with Crippen LogP contribution in [0.5, 0.6) is 0 Å². The molecule has 2 fully saturated rings. The van der Waals surface area contributed by atoms with E-state index in [0.717, 1.165) is 19.5 Å². The maximum Gasteiger partial charge on any atom is 0.243 e. The van der Waals surface area contributed by atoms with Crippen LogP contribution in [0.15, 0.2) is 0 Å². The highest BCUT2D eigenvalue weighted by molar-refractivity contribution is 5.88. The largest absolute Gasteiger partial charge is 0.324 e. The Hall–Kier alpha value is -0.610. The van der Waals surface area contributed by atoms with Crippen molar-refractivity contribution in [3.8, 4) is 0 Å². The predicted molar refractivity (Wildman–Crippen MR) is 82.4 cm³/mol. The van der Waals surface area contributed by atoms with Gasteiger partial charge in [-0.3, -0.25) is 15.0 Å². The molecule has 3 atom stereocenters. The van der Waals surface area contributed by atoms with Gasteiger partial charge in [-0.15, -0.1) is 0 Å². The fourth-order valence-electron chi connectivity index (χ4n) is 3.63. The summed E-state index contributed by atoms with van der Waals surface area (Å²) in [6, 6.07) is 0.547. The zero-order chi connectivity index (χ0) is 14.9. The van der Waals surface area contributed by atoms with Crippen molar-refractivity contribution in [2.24, 2.45) is 5.92 Å². The fourth-order valence-corrected chi connectivity index (χ4v) is 3.63. The second-order valence-corrected chi connectivity index (χ2v) is 6.90. The molecule has 0 aromatic carbocycles. The fraction of sp³-hybridized carbons (Fsp3) is 0.938. The lowest BCUT2D eigenvalue weighted by Crippen LogP contribution is -2.47. The smallest absolute Gasteiger partial charge is 0.243 e. The highest BCUT2D eigenvalue weighted by Crippen LogP contribution is 2.29. The van der Waals surface area contributed by atoms with Gasteiger partial charge in [0.05, 0.1) is 11.7 Å². The number of nitrogens with one attached hydrogen (secondary N) is 1. The van der Waals surface area contributed by atoms with E-state index in [2.05, 4.69) is 49.7 Å². The number of likely N-dealkylation sites (tertiary alicyclic amines) is 1. The van der Waals surface area contributed by atoms with E-state index in [-0.39, 0.29) is 11.7 Å². The van der Waals surface area contributed by atoms with Crippen molar-refractivity contribution in [2.45, 2.75) is 71.6 Å². The Bertz CT molecular complexity index is 358. The van der Waals surface area contributed by atoms with Crippen LogP contribution in [0.3, 0.4) is 0 Å². The molecule has 20 heavy (non-hydrogen) atoms. The highest BCUT2D eigenvalue weighted by Gasteiger charge is 2.48. The number of rotatable bonds is 5. The SMILES string of the molecule is CCN1CCCC1CN1C(=O)C(C)(CC)NC1C(C)C. The van der Waals surface area contributed by atoms with E-state index in [9.17, 15) is 4.79 Å². The molecule has 0 spiro atoms. The van der Waals surface area contributed by atoms with Gasteiger partial charge in [-0.2, -0.15) is 0 Å². The topological polar surface area (TPSA) is 35.6 Å². The molecule has 4 heteroatoms. The second kappa shape index (κ2) is 6.02. The number of carbonyl (C=O) groups excluding carboxylic acids is 1. The average Bonchev–Trinajstić information content (AvgIpc) is 2.97. The number of nitrogens with zero attached hydrogens (tertiary/aromatic N) is 2. The molecular formula is C16H31N3O. The molecule has 0 aromatic rings. The van der Waals surface area contributed by atoms with Crippen LogP contribution >= 0.6 is 0 Å². The minimum atomic E-state index is -0.370. The van der Waals surface area contributed by atoms with Crippen LogP contribution in [0, 0.1) is 5.92 Å². The third-order valence-corrected chi connectivity index (χ3v) is 5.19.